The molecule has 76 valence electrons. The molecule has 3 heteroatoms. The van der Waals surface area contributed by atoms with E-state index in [-0.39, 0.29) is 19.0 Å². The van der Waals surface area contributed by atoms with E-state index < -0.39 is 5.60 Å². The standard InChI is InChI=1S/C11H13FO2/c1-2-8-3-4-10(12)9(5-8)11(13)6-14-7-11/h3-5,13H,2,6-7H2,1H3. The van der Waals surface area contributed by atoms with Gasteiger partial charge in [0.05, 0.1) is 13.2 Å². The molecule has 0 atom stereocenters. The fraction of sp³-hybridized carbons (Fsp3) is 0.455. The van der Waals surface area contributed by atoms with Crippen LogP contribution in [0.15, 0.2) is 18.2 Å². The molecule has 0 spiro atoms. The van der Waals surface area contributed by atoms with Gasteiger partial charge in [0.2, 0.25) is 0 Å². The van der Waals surface area contributed by atoms with Crippen LogP contribution < -0.4 is 0 Å². The van der Waals surface area contributed by atoms with Crippen molar-refractivity contribution in [2.45, 2.75) is 18.9 Å². The molecule has 1 N–H and O–H groups in total. The maximum absolute atomic E-state index is 13.4. The molecule has 1 aliphatic heterocycles. The lowest BCUT2D eigenvalue weighted by Crippen LogP contribution is -2.47. The smallest absolute Gasteiger partial charge is 0.139 e. The topological polar surface area (TPSA) is 29.5 Å². The van der Waals surface area contributed by atoms with Gasteiger partial charge in [-0.3, -0.25) is 0 Å². The lowest BCUT2D eigenvalue weighted by atomic mass is 9.90. The van der Waals surface area contributed by atoms with Gasteiger partial charge in [0.1, 0.15) is 11.4 Å². The highest BCUT2D eigenvalue weighted by Gasteiger charge is 2.40. The Balaban J connectivity index is 2.40. The van der Waals surface area contributed by atoms with Gasteiger partial charge in [-0.15, -0.1) is 0 Å². The molecular weight excluding hydrogens is 183 g/mol. The molecule has 0 radical (unpaired) electrons. The Morgan fingerprint density at radius 2 is 2.21 bits per heavy atom. The second-order valence-corrected chi connectivity index (χ2v) is 3.69. The fourth-order valence-corrected chi connectivity index (χ4v) is 1.60. The first-order valence-electron chi connectivity index (χ1n) is 4.75. The van der Waals surface area contributed by atoms with Gasteiger partial charge in [-0.1, -0.05) is 13.0 Å². The van der Waals surface area contributed by atoms with Gasteiger partial charge in [-0.05, 0) is 24.1 Å². The molecule has 1 heterocycles. The molecule has 0 unspecified atom stereocenters. The van der Waals surface area contributed by atoms with Crippen LogP contribution >= 0.6 is 0 Å². The summed E-state index contributed by atoms with van der Waals surface area (Å²) in [4.78, 5) is 0. The van der Waals surface area contributed by atoms with Gasteiger partial charge in [0.15, 0.2) is 0 Å². The summed E-state index contributed by atoms with van der Waals surface area (Å²) in [7, 11) is 0. The number of ether oxygens (including phenoxy) is 1. The van der Waals surface area contributed by atoms with Crippen LogP contribution in [0.4, 0.5) is 4.39 Å². The molecule has 1 fully saturated rings. The van der Waals surface area contributed by atoms with E-state index in [0.717, 1.165) is 12.0 Å². The molecule has 2 nitrogen and oxygen atoms in total. The highest BCUT2D eigenvalue weighted by Crippen LogP contribution is 2.31. The van der Waals surface area contributed by atoms with Crippen molar-refractivity contribution in [3.8, 4) is 0 Å². The van der Waals surface area contributed by atoms with Crippen LogP contribution in [0.3, 0.4) is 0 Å². The minimum atomic E-state index is -1.10. The van der Waals surface area contributed by atoms with Gasteiger partial charge < -0.3 is 9.84 Å². The van der Waals surface area contributed by atoms with E-state index in [1.165, 1.54) is 6.07 Å². The van der Waals surface area contributed by atoms with Crippen LogP contribution in [0.25, 0.3) is 0 Å². The van der Waals surface area contributed by atoms with E-state index in [4.69, 9.17) is 4.74 Å². The van der Waals surface area contributed by atoms with E-state index >= 15 is 0 Å². The molecule has 0 bridgehead atoms. The number of benzene rings is 1. The molecule has 14 heavy (non-hydrogen) atoms. The number of rotatable bonds is 2. The Morgan fingerprint density at radius 3 is 2.71 bits per heavy atom. The molecule has 0 aliphatic carbocycles. The largest absolute Gasteiger partial charge is 0.380 e. The minimum absolute atomic E-state index is 0.192. The summed E-state index contributed by atoms with van der Waals surface area (Å²) in [6.07, 6.45) is 0.838. The van der Waals surface area contributed by atoms with Crippen LogP contribution in [-0.4, -0.2) is 18.3 Å². The quantitative estimate of drug-likeness (QED) is 0.778. The third-order valence-corrected chi connectivity index (χ3v) is 2.62. The number of hydrogen-bond donors (Lipinski definition) is 1. The molecule has 1 aliphatic rings. The van der Waals surface area contributed by atoms with Crippen molar-refractivity contribution in [3.63, 3.8) is 0 Å². The molecular formula is C11H13FO2. The van der Waals surface area contributed by atoms with E-state index in [2.05, 4.69) is 0 Å². The van der Waals surface area contributed by atoms with Crippen LogP contribution in [0.5, 0.6) is 0 Å². The molecule has 1 aromatic carbocycles. The Morgan fingerprint density at radius 1 is 1.50 bits per heavy atom. The van der Waals surface area contributed by atoms with Crippen LogP contribution in [0.2, 0.25) is 0 Å². The van der Waals surface area contributed by atoms with E-state index in [1.54, 1.807) is 12.1 Å². The van der Waals surface area contributed by atoms with Gasteiger partial charge in [-0.2, -0.15) is 0 Å². The summed E-state index contributed by atoms with van der Waals surface area (Å²) in [5.41, 5.74) is 0.291. The van der Waals surface area contributed by atoms with Gasteiger partial charge in [-0.25, -0.2) is 4.39 Å². The average molecular weight is 196 g/mol. The Bertz CT molecular complexity index is 345. The third-order valence-electron chi connectivity index (χ3n) is 2.62. The first-order valence-corrected chi connectivity index (χ1v) is 4.75. The Kier molecular flexibility index (Phi) is 2.29. The Labute approximate surface area is 82.3 Å². The SMILES string of the molecule is CCc1ccc(F)c(C2(O)COC2)c1. The monoisotopic (exact) mass is 196 g/mol. The number of aryl methyl sites for hydroxylation is 1. The van der Waals surface area contributed by atoms with Gasteiger partial charge >= 0.3 is 0 Å². The van der Waals surface area contributed by atoms with Gasteiger partial charge in [0, 0.05) is 5.56 Å². The van der Waals surface area contributed by atoms with Gasteiger partial charge in [0.25, 0.3) is 0 Å². The molecule has 2 rings (SSSR count). The summed E-state index contributed by atoms with van der Waals surface area (Å²) in [6.45, 7) is 2.38. The summed E-state index contributed by atoms with van der Waals surface area (Å²) >= 11 is 0. The highest BCUT2D eigenvalue weighted by atomic mass is 19.1. The van der Waals surface area contributed by atoms with Crippen molar-refractivity contribution >= 4 is 0 Å². The van der Waals surface area contributed by atoms with E-state index in [9.17, 15) is 9.50 Å². The van der Waals surface area contributed by atoms with Crippen molar-refractivity contribution in [2.24, 2.45) is 0 Å². The normalized spacial score (nSPS) is 19.1. The zero-order chi connectivity index (χ0) is 10.2. The summed E-state index contributed by atoms with van der Waals surface area (Å²) in [5, 5.41) is 9.92. The lowest BCUT2D eigenvalue weighted by molar-refractivity contribution is -0.186. The lowest BCUT2D eigenvalue weighted by Gasteiger charge is -2.37. The molecule has 0 amide bonds. The van der Waals surface area contributed by atoms with Crippen molar-refractivity contribution < 1.29 is 14.2 Å². The average Bonchev–Trinajstić information content (AvgIpc) is 2.15. The van der Waals surface area contributed by atoms with Crippen molar-refractivity contribution in [3.05, 3.63) is 35.1 Å². The molecule has 1 saturated heterocycles. The fourth-order valence-electron chi connectivity index (χ4n) is 1.60. The van der Waals surface area contributed by atoms with Crippen LogP contribution in [0, 0.1) is 5.82 Å². The molecule has 0 saturated carbocycles. The maximum Gasteiger partial charge on any atom is 0.139 e. The predicted molar refractivity (Wildman–Crippen MR) is 50.5 cm³/mol. The first kappa shape index (κ1) is 9.62. The van der Waals surface area contributed by atoms with E-state index in [1.807, 2.05) is 6.92 Å². The van der Waals surface area contributed by atoms with Crippen LogP contribution in [-0.2, 0) is 16.8 Å². The van der Waals surface area contributed by atoms with Crippen molar-refractivity contribution in [2.75, 3.05) is 13.2 Å². The zero-order valence-electron chi connectivity index (χ0n) is 8.09. The molecule has 0 aromatic heterocycles. The van der Waals surface area contributed by atoms with Crippen LogP contribution in [0.1, 0.15) is 18.1 Å². The number of aliphatic hydroxyl groups is 1. The Hall–Kier alpha value is -0.930. The van der Waals surface area contributed by atoms with Crippen molar-refractivity contribution in [1.82, 2.24) is 0 Å². The number of hydrogen-bond acceptors (Lipinski definition) is 2. The predicted octanol–water partition coefficient (Wildman–Crippen LogP) is 1.61. The third kappa shape index (κ3) is 1.42. The second kappa shape index (κ2) is 3.33. The van der Waals surface area contributed by atoms with Crippen molar-refractivity contribution in [1.29, 1.82) is 0 Å². The molecule has 1 aromatic rings. The van der Waals surface area contributed by atoms with E-state index in [0.29, 0.717) is 5.56 Å². The zero-order valence-corrected chi connectivity index (χ0v) is 8.09. The summed E-state index contributed by atoms with van der Waals surface area (Å²) in [5.74, 6) is -0.354. The summed E-state index contributed by atoms with van der Waals surface area (Å²) < 4.78 is 18.3. The summed E-state index contributed by atoms with van der Waals surface area (Å²) in [6, 6.07) is 4.87. The maximum atomic E-state index is 13.4. The minimum Gasteiger partial charge on any atom is -0.380 e. The first-order chi connectivity index (χ1) is 6.65. The second-order valence-electron chi connectivity index (χ2n) is 3.69. The number of halogens is 1. The highest BCUT2D eigenvalue weighted by molar-refractivity contribution is 5.31.